The lowest BCUT2D eigenvalue weighted by Gasteiger charge is -2.24. The number of ether oxygens (including phenoxy) is 2. The molecule has 1 N–H and O–H groups in total. The molecule has 0 unspecified atom stereocenters. The number of hydrogen-bond donors (Lipinski definition) is 1. The zero-order chi connectivity index (χ0) is 21.6. The first-order valence-corrected chi connectivity index (χ1v) is 9.63. The van der Waals surface area contributed by atoms with Gasteiger partial charge in [-0.1, -0.05) is 49.7 Å². The highest BCUT2D eigenvalue weighted by molar-refractivity contribution is 6.11. The molecule has 0 bridgehead atoms. The van der Waals surface area contributed by atoms with E-state index in [1.165, 1.54) is 13.2 Å². The van der Waals surface area contributed by atoms with Crippen LogP contribution in [0.25, 0.3) is 0 Å². The standard InChI is InChI=1S/C23H28FNO4/c1-6-10-17(25-22(27)29-23(2,3)4)16-13-14-18(28-5)19(20(16)24)21(26)15-11-8-7-9-12-15/h7-9,11-14,17H,6,10H2,1-5H3,(H,25,27)/t17-/m1/s1. The maximum atomic E-state index is 15.5. The summed E-state index contributed by atoms with van der Waals surface area (Å²) in [6.07, 6.45) is 0.553. The molecule has 29 heavy (non-hydrogen) atoms. The second kappa shape index (κ2) is 9.54. The monoisotopic (exact) mass is 401 g/mol. The number of benzene rings is 2. The number of hydrogen-bond acceptors (Lipinski definition) is 4. The Morgan fingerprint density at radius 3 is 2.31 bits per heavy atom. The summed E-state index contributed by atoms with van der Waals surface area (Å²) in [6, 6.07) is 10.9. The van der Waals surface area contributed by atoms with Crippen molar-refractivity contribution in [1.29, 1.82) is 0 Å². The van der Waals surface area contributed by atoms with Crippen LogP contribution in [0.3, 0.4) is 0 Å². The number of halogens is 1. The first-order valence-electron chi connectivity index (χ1n) is 9.63. The number of nitrogens with one attached hydrogen (secondary N) is 1. The van der Waals surface area contributed by atoms with Crippen molar-refractivity contribution in [3.05, 3.63) is 65.0 Å². The van der Waals surface area contributed by atoms with Gasteiger partial charge in [-0.15, -0.1) is 0 Å². The van der Waals surface area contributed by atoms with Gasteiger partial charge in [0.05, 0.1) is 13.2 Å². The van der Waals surface area contributed by atoms with Crippen LogP contribution in [0.4, 0.5) is 9.18 Å². The molecule has 0 aromatic heterocycles. The van der Waals surface area contributed by atoms with E-state index in [4.69, 9.17) is 9.47 Å². The van der Waals surface area contributed by atoms with Crippen LogP contribution in [0.1, 0.15) is 68.1 Å². The van der Waals surface area contributed by atoms with Crippen molar-refractivity contribution in [2.75, 3.05) is 7.11 Å². The van der Waals surface area contributed by atoms with Gasteiger partial charge in [0.15, 0.2) is 5.78 Å². The predicted octanol–water partition coefficient (Wildman–Crippen LogP) is 5.43. The molecule has 0 aliphatic carbocycles. The molecule has 0 saturated carbocycles. The fraction of sp³-hybridized carbons (Fsp3) is 0.391. The van der Waals surface area contributed by atoms with Crippen LogP contribution < -0.4 is 10.1 Å². The van der Waals surface area contributed by atoms with Crippen LogP contribution in [-0.4, -0.2) is 24.6 Å². The van der Waals surface area contributed by atoms with Crippen LogP contribution in [0.5, 0.6) is 5.75 Å². The van der Waals surface area contributed by atoms with Crippen LogP contribution >= 0.6 is 0 Å². The summed E-state index contributed by atoms with van der Waals surface area (Å²) in [5.41, 5.74) is -0.247. The van der Waals surface area contributed by atoms with Crippen molar-refractivity contribution >= 4 is 11.9 Å². The molecule has 0 aliphatic heterocycles. The minimum atomic E-state index is -0.701. The molecule has 1 amide bonds. The minimum absolute atomic E-state index is 0.146. The molecular weight excluding hydrogens is 373 g/mol. The highest BCUT2D eigenvalue weighted by Gasteiger charge is 2.27. The van der Waals surface area contributed by atoms with Gasteiger partial charge in [0.2, 0.25) is 0 Å². The third kappa shape index (κ3) is 5.79. The molecule has 0 radical (unpaired) electrons. The average molecular weight is 401 g/mol. The Morgan fingerprint density at radius 2 is 1.76 bits per heavy atom. The summed E-state index contributed by atoms with van der Waals surface area (Å²) < 4.78 is 26.1. The van der Waals surface area contributed by atoms with Crippen molar-refractivity contribution < 1.29 is 23.5 Å². The van der Waals surface area contributed by atoms with Crippen molar-refractivity contribution in [3.8, 4) is 5.75 Å². The van der Waals surface area contributed by atoms with E-state index in [0.717, 1.165) is 0 Å². The summed E-state index contributed by atoms with van der Waals surface area (Å²) in [6.45, 7) is 7.20. The summed E-state index contributed by atoms with van der Waals surface area (Å²) in [7, 11) is 1.39. The highest BCUT2D eigenvalue weighted by Crippen LogP contribution is 2.31. The maximum absolute atomic E-state index is 15.5. The molecule has 2 aromatic carbocycles. The lowest BCUT2D eigenvalue weighted by atomic mass is 9.94. The molecule has 0 heterocycles. The molecular formula is C23H28FNO4. The van der Waals surface area contributed by atoms with E-state index in [-0.39, 0.29) is 16.9 Å². The summed E-state index contributed by atoms with van der Waals surface area (Å²) in [5.74, 6) is -1.03. The van der Waals surface area contributed by atoms with Crippen LogP contribution in [-0.2, 0) is 4.74 Å². The molecule has 2 aromatic rings. The number of rotatable bonds is 7. The Hall–Kier alpha value is -2.89. The topological polar surface area (TPSA) is 64.6 Å². The number of carbonyl (C=O) groups is 2. The quantitative estimate of drug-likeness (QED) is 0.628. The number of alkyl carbamates (subject to hydrolysis) is 1. The number of methoxy groups -OCH3 is 1. The van der Waals surface area contributed by atoms with Gasteiger partial charge < -0.3 is 14.8 Å². The number of ketones is 1. The molecule has 156 valence electrons. The van der Waals surface area contributed by atoms with Crippen molar-refractivity contribution in [2.24, 2.45) is 0 Å². The fourth-order valence-corrected chi connectivity index (χ4v) is 3.00. The molecule has 5 nitrogen and oxygen atoms in total. The summed E-state index contributed by atoms with van der Waals surface area (Å²) in [4.78, 5) is 25.2. The first kappa shape index (κ1) is 22.4. The molecule has 0 fully saturated rings. The average Bonchev–Trinajstić information content (AvgIpc) is 2.66. The third-order valence-corrected chi connectivity index (χ3v) is 4.26. The van der Waals surface area contributed by atoms with Crippen LogP contribution in [0, 0.1) is 5.82 Å². The molecule has 0 aliphatic rings. The molecule has 0 spiro atoms. The van der Waals surface area contributed by atoms with E-state index < -0.39 is 29.3 Å². The van der Waals surface area contributed by atoms with E-state index in [1.54, 1.807) is 57.2 Å². The van der Waals surface area contributed by atoms with Gasteiger partial charge in [-0.05, 0) is 33.3 Å². The smallest absolute Gasteiger partial charge is 0.408 e. The Kier molecular flexibility index (Phi) is 7.37. The van der Waals surface area contributed by atoms with Crippen molar-refractivity contribution in [1.82, 2.24) is 5.32 Å². The molecule has 2 rings (SSSR count). The summed E-state index contributed by atoms with van der Waals surface area (Å²) in [5, 5.41) is 2.72. The van der Waals surface area contributed by atoms with Gasteiger partial charge in [-0.2, -0.15) is 0 Å². The van der Waals surface area contributed by atoms with Gasteiger partial charge in [-0.25, -0.2) is 9.18 Å². The zero-order valence-corrected chi connectivity index (χ0v) is 17.5. The van der Waals surface area contributed by atoms with Gasteiger partial charge in [0, 0.05) is 11.1 Å². The van der Waals surface area contributed by atoms with Gasteiger partial charge in [0.25, 0.3) is 0 Å². The normalized spacial score (nSPS) is 12.2. The van der Waals surface area contributed by atoms with E-state index >= 15 is 4.39 Å². The molecule has 0 saturated heterocycles. The van der Waals surface area contributed by atoms with E-state index in [1.807, 2.05) is 6.92 Å². The van der Waals surface area contributed by atoms with Crippen LogP contribution in [0.15, 0.2) is 42.5 Å². The van der Waals surface area contributed by atoms with E-state index in [9.17, 15) is 9.59 Å². The van der Waals surface area contributed by atoms with E-state index in [2.05, 4.69) is 5.32 Å². The SMILES string of the molecule is CCC[C@@H](NC(=O)OC(C)(C)C)c1ccc(OC)c(C(=O)c2ccccc2)c1F. The van der Waals surface area contributed by atoms with E-state index in [0.29, 0.717) is 18.4 Å². The largest absolute Gasteiger partial charge is 0.496 e. The molecule has 1 atom stereocenters. The third-order valence-electron chi connectivity index (χ3n) is 4.26. The van der Waals surface area contributed by atoms with Gasteiger partial charge in [0.1, 0.15) is 22.7 Å². The lowest BCUT2D eigenvalue weighted by Crippen LogP contribution is -2.35. The van der Waals surface area contributed by atoms with Crippen LogP contribution in [0.2, 0.25) is 0 Å². The Balaban J connectivity index is 2.45. The van der Waals surface area contributed by atoms with Crippen molar-refractivity contribution in [3.63, 3.8) is 0 Å². The lowest BCUT2D eigenvalue weighted by molar-refractivity contribution is 0.0500. The fourth-order valence-electron chi connectivity index (χ4n) is 3.00. The second-order valence-corrected chi connectivity index (χ2v) is 7.73. The predicted molar refractivity (Wildman–Crippen MR) is 110 cm³/mol. The Morgan fingerprint density at radius 1 is 1.10 bits per heavy atom. The van der Waals surface area contributed by atoms with Crippen molar-refractivity contribution in [2.45, 2.75) is 52.2 Å². The number of carbonyl (C=O) groups excluding carboxylic acids is 2. The second-order valence-electron chi connectivity index (χ2n) is 7.73. The summed E-state index contributed by atoms with van der Waals surface area (Å²) >= 11 is 0. The maximum Gasteiger partial charge on any atom is 0.408 e. The van der Waals surface area contributed by atoms with Gasteiger partial charge >= 0.3 is 6.09 Å². The zero-order valence-electron chi connectivity index (χ0n) is 17.5. The van der Waals surface area contributed by atoms with Gasteiger partial charge in [-0.3, -0.25) is 4.79 Å². The Bertz CT molecular complexity index is 859. The first-order chi connectivity index (χ1) is 13.7. The number of amides is 1. The minimum Gasteiger partial charge on any atom is -0.496 e. The molecule has 6 heteroatoms. The highest BCUT2D eigenvalue weighted by atomic mass is 19.1. The Labute approximate surface area is 171 Å².